The van der Waals surface area contributed by atoms with E-state index in [9.17, 15) is 23.1 Å². The molecule has 0 bridgehead atoms. The summed E-state index contributed by atoms with van der Waals surface area (Å²) in [5, 5.41) is 13.5. The molecule has 0 aliphatic heterocycles. The van der Waals surface area contributed by atoms with E-state index in [1.165, 1.54) is 0 Å². The first-order chi connectivity index (χ1) is 20.0. The minimum absolute atomic E-state index is 0.119. The molecule has 0 radical (unpaired) electrons. The molecule has 2 heterocycles. The number of carbonyl (C=O) groups is 1. The van der Waals surface area contributed by atoms with E-state index in [2.05, 4.69) is 10.1 Å². The molecule has 42 heavy (non-hydrogen) atoms. The van der Waals surface area contributed by atoms with Gasteiger partial charge in [0.25, 0.3) is 0 Å². The van der Waals surface area contributed by atoms with Crippen LogP contribution < -0.4 is 14.2 Å². The molecular weight excluding hydrogens is 575 g/mol. The fraction of sp³-hybridized carbons (Fsp3) is 0.300. The molecule has 8 nitrogen and oxygen atoms in total. The summed E-state index contributed by atoms with van der Waals surface area (Å²) >= 11 is 6.07. The molecule has 4 aromatic rings. The third-order valence-corrected chi connectivity index (χ3v) is 6.18. The van der Waals surface area contributed by atoms with Gasteiger partial charge in [0.05, 0.1) is 31.2 Å². The number of carboxylic acid groups (broad SMARTS) is 1. The molecule has 4 rings (SSSR count). The number of aromatic nitrogens is 3. The number of hydrogen-bond donors (Lipinski definition) is 1. The number of aryl methyl sites for hydroxylation is 1. The normalized spacial score (nSPS) is 11.5. The molecule has 0 aliphatic carbocycles. The van der Waals surface area contributed by atoms with Crippen LogP contribution in [0.4, 0.5) is 13.2 Å². The number of alkyl halides is 3. The van der Waals surface area contributed by atoms with Gasteiger partial charge in [-0.25, -0.2) is 4.98 Å². The molecule has 2 aromatic heterocycles. The number of benzene rings is 2. The Bertz CT molecular complexity index is 1510. The Morgan fingerprint density at radius 2 is 1.83 bits per heavy atom. The van der Waals surface area contributed by atoms with Crippen molar-refractivity contribution in [2.75, 3.05) is 6.61 Å². The van der Waals surface area contributed by atoms with Crippen molar-refractivity contribution in [3.63, 3.8) is 0 Å². The van der Waals surface area contributed by atoms with Crippen LogP contribution in [0.25, 0.3) is 0 Å². The SMILES string of the molecule is CC(C)Oc1ccc(CCCOc2nn(Cc3ccccc3)cc2CC(=O)O)c(Oc2ncc(C(F)(F)F)cc2Cl)c1. The van der Waals surface area contributed by atoms with E-state index in [0.717, 1.165) is 11.6 Å². The number of carboxylic acids is 1. The number of rotatable bonds is 13. The summed E-state index contributed by atoms with van der Waals surface area (Å²) < 4.78 is 58.3. The molecule has 222 valence electrons. The summed E-state index contributed by atoms with van der Waals surface area (Å²) in [6.07, 6.45) is -1.67. The molecule has 0 saturated carbocycles. The average Bonchev–Trinajstić information content (AvgIpc) is 3.28. The van der Waals surface area contributed by atoms with Crippen molar-refractivity contribution in [3.05, 3.63) is 94.3 Å². The number of pyridine rings is 1. The third kappa shape index (κ3) is 8.62. The minimum atomic E-state index is -4.59. The molecule has 12 heteroatoms. The lowest BCUT2D eigenvalue weighted by Crippen LogP contribution is -2.07. The first kappa shape index (κ1) is 30.7. The second-order valence-corrected chi connectivity index (χ2v) is 10.1. The molecule has 0 aliphatic rings. The highest BCUT2D eigenvalue weighted by atomic mass is 35.5. The molecule has 0 atom stereocenters. The van der Waals surface area contributed by atoms with Crippen molar-refractivity contribution in [1.82, 2.24) is 14.8 Å². The van der Waals surface area contributed by atoms with Crippen LogP contribution in [-0.4, -0.2) is 38.6 Å². The summed E-state index contributed by atoms with van der Waals surface area (Å²) in [7, 11) is 0. The molecule has 0 amide bonds. The van der Waals surface area contributed by atoms with Crippen LogP contribution in [0.15, 0.2) is 67.0 Å². The largest absolute Gasteiger partial charge is 0.491 e. The quantitative estimate of drug-likeness (QED) is 0.161. The standard InChI is InChI=1S/C30H29ClF3N3O5/c1-19(2)41-24-11-10-21(26(15-24)42-29-25(31)14-23(16-35-29)30(32,33)34)9-6-12-40-28-22(13-27(38)39)18-37(36-28)17-20-7-4-3-5-8-20/h3-5,7-8,10-11,14-16,18-19H,6,9,12-13,17H2,1-2H3,(H,38,39). The Hall–Kier alpha value is -4.25. The van der Waals surface area contributed by atoms with Crippen LogP contribution in [-0.2, 0) is 30.4 Å². The van der Waals surface area contributed by atoms with E-state index in [-0.39, 0.29) is 35.9 Å². The highest BCUT2D eigenvalue weighted by molar-refractivity contribution is 6.31. The van der Waals surface area contributed by atoms with E-state index >= 15 is 0 Å². The minimum Gasteiger partial charge on any atom is -0.491 e. The smallest absolute Gasteiger partial charge is 0.417 e. The lowest BCUT2D eigenvalue weighted by atomic mass is 10.1. The number of nitrogens with zero attached hydrogens (tertiary/aromatic N) is 3. The molecule has 2 aromatic carbocycles. The van der Waals surface area contributed by atoms with Crippen molar-refractivity contribution in [1.29, 1.82) is 0 Å². The van der Waals surface area contributed by atoms with E-state index in [4.69, 9.17) is 25.8 Å². The maximum Gasteiger partial charge on any atom is 0.417 e. The van der Waals surface area contributed by atoms with Crippen molar-refractivity contribution < 1.29 is 37.3 Å². The summed E-state index contributed by atoms with van der Waals surface area (Å²) in [6.45, 7) is 4.40. The van der Waals surface area contributed by atoms with Gasteiger partial charge in [0, 0.05) is 24.0 Å². The zero-order chi connectivity index (χ0) is 30.3. The number of aliphatic carboxylic acids is 1. The van der Waals surface area contributed by atoms with E-state index in [1.807, 2.05) is 44.2 Å². The maximum atomic E-state index is 13.0. The predicted octanol–water partition coefficient (Wildman–Crippen LogP) is 7.22. The summed E-state index contributed by atoms with van der Waals surface area (Å²) in [5.41, 5.74) is 1.20. The highest BCUT2D eigenvalue weighted by Gasteiger charge is 2.32. The first-order valence-corrected chi connectivity index (χ1v) is 13.5. The van der Waals surface area contributed by atoms with Gasteiger partial charge in [0.1, 0.15) is 16.5 Å². The van der Waals surface area contributed by atoms with Gasteiger partial charge in [-0.1, -0.05) is 48.0 Å². The van der Waals surface area contributed by atoms with Crippen LogP contribution in [0.1, 0.15) is 42.5 Å². The first-order valence-electron chi connectivity index (χ1n) is 13.1. The fourth-order valence-corrected chi connectivity index (χ4v) is 4.28. The topological polar surface area (TPSA) is 95.7 Å². The van der Waals surface area contributed by atoms with Gasteiger partial charge in [-0.15, -0.1) is 5.10 Å². The Labute approximate surface area is 245 Å². The molecule has 0 spiro atoms. The number of ether oxygens (including phenoxy) is 3. The van der Waals surface area contributed by atoms with Gasteiger partial charge in [-0.3, -0.25) is 9.48 Å². The van der Waals surface area contributed by atoms with Gasteiger partial charge in [0.2, 0.25) is 11.8 Å². The van der Waals surface area contributed by atoms with Crippen LogP contribution in [0.2, 0.25) is 5.02 Å². The van der Waals surface area contributed by atoms with Gasteiger partial charge in [0.15, 0.2) is 0 Å². The van der Waals surface area contributed by atoms with E-state index < -0.39 is 17.7 Å². The second-order valence-electron chi connectivity index (χ2n) is 9.71. The zero-order valence-electron chi connectivity index (χ0n) is 22.9. The molecule has 0 unspecified atom stereocenters. The average molecular weight is 604 g/mol. The molecule has 1 N–H and O–H groups in total. The molecule has 0 saturated heterocycles. The molecular formula is C30H29ClF3N3O5. The van der Waals surface area contributed by atoms with Gasteiger partial charge in [-0.05, 0) is 49.9 Å². The van der Waals surface area contributed by atoms with Crippen molar-refractivity contribution >= 4 is 17.6 Å². The van der Waals surface area contributed by atoms with Crippen molar-refractivity contribution in [3.8, 4) is 23.3 Å². The Morgan fingerprint density at radius 3 is 2.50 bits per heavy atom. The number of halogens is 4. The van der Waals surface area contributed by atoms with Gasteiger partial charge >= 0.3 is 12.1 Å². The van der Waals surface area contributed by atoms with E-state index in [0.29, 0.717) is 48.2 Å². The van der Waals surface area contributed by atoms with Crippen LogP contribution >= 0.6 is 11.6 Å². The lowest BCUT2D eigenvalue weighted by molar-refractivity contribution is -0.138. The van der Waals surface area contributed by atoms with Gasteiger partial charge < -0.3 is 19.3 Å². The Balaban J connectivity index is 1.46. The second kappa shape index (κ2) is 13.6. The highest BCUT2D eigenvalue weighted by Crippen LogP contribution is 2.37. The zero-order valence-corrected chi connectivity index (χ0v) is 23.7. The van der Waals surface area contributed by atoms with Crippen LogP contribution in [0.3, 0.4) is 0 Å². The summed E-state index contributed by atoms with van der Waals surface area (Å²) in [5.74, 6) is -0.108. The number of hydrogen-bond acceptors (Lipinski definition) is 6. The van der Waals surface area contributed by atoms with Crippen LogP contribution in [0, 0.1) is 0 Å². The van der Waals surface area contributed by atoms with Crippen LogP contribution in [0.5, 0.6) is 23.3 Å². The molecule has 0 fully saturated rings. The summed E-state index contributed by atoms with van der Waals surface area (Å²) in [6, 6.07) is 15.6. The predicted molar refractivity (Wildman–Crippen MR) is 149 cm³/mol. The maximum absolute atomic E-state index is 13.0. The Morgan fingerprint density at radius 1 is 1.07 bits per heavy atom. The Kier molecular flexibility index (Phi) is 9.95. The fourth-order valence-electron chi connectivity index (χ4n) is 4.08. The van der Waals surface area contributed by atoms with E-state index in [1.54, 1.807) is 29.1 Å². The van der Waals surface area contributed by atoms with Crippen molar-refractivity contribution in [2.24, 2.45) is 0 Å². The lowest BCUT2D eigenvalue weighted by Gasteiger charge is -2.16. The third-order valence-electron chi connectivity index (χ3n) is 5.91. The monoisotopic (exact) mass is 603 g/mol. The summed E-state index contributed by atoms with van der Waals surface area (Å²) in [4.78, 5) is 15.2. The van der Waals surface area contributed by atoms with Gasteiger partial charge in [-0.2, -0.15) is 13.2 Å². The van der Waals surface area contributed by atoms with Crippen molar-refractivity contribution in [2.45, 2.75) is 51.9 Å².